The molecule has 0 fully saturated rings. The summed E-state index contributed by atoms with van der Waals surface area (Å²) in [5.74, 6) is -0.380. The van der Waals surface area contributed by atoms with E-state index in [1.807, 2.05) is 23.5 Å². The number of hydrogen-bond donors (Lipinski definition) is 0. The maximum atomic E-state index is 13.9. The van der Waals surface area contributed by atoms with Crippen molar-refractivity contribution < 1.29 is 4.39 Å². The number of isothiocyanates is 1. The van der Waals surface area contributed by atoms with Gasteiger partial charge in [-0.2, -0.15) is 4.99 Å². The number of hydrogen-bond acceptors (Lipinski definition) is 4. The van der Waals surface area contributed by atoms with Crippen LogP contribution in [0.5, 0.6) is 0 Å². The van der Waals surface area contributed by atoms with Gasteiger partial charge in [-0.3, -0.25) is 0 Å². The molecule has 0 saturated carbocycles. The highest BCUT2D eigenvalue weighted by Gasteiger charge is 2.09. The molecular formula is C17H12FNS3. The predicted octanol–water partition coefficient (Wildman–Crippen LogP) is 6.58. The number of aliphatic imine (C=N–C) groups is 1. The Kier molecular flexibility index (Phi) is 4.60. The van der Waals surface area contributed by atoms with Crippen LogP contribution in [-0.2, 0) is 6.42 Å². The summed E-state index contributed by atoms with van der Waals surface area (Å²) in [4.78, 5) is 8.58. The zero-order valence-electron chi connectivity index (χ0n) is 11.8. The summed E-state index contributed by atoms with van der Waals surface area (Å²) in [5, 5.41) is 2.19. The molecule has 0 amide bonds. The number of thiocarbonyl (C=S) groups is 1. The van der Waals surface area contributed by atoms with E-state index in [0.29, 0.717) is 0 Å². The van der Waals surface area contributed by atoms with E-state index in [-0.39, 0.29) is 11.5 Å². The highest BCUT2D eigenvalue weighted by molar-refractivity contribution is 7.78. The molecule has 0 N–H and O–H groups in total. The summed E-state index contributed by atoms with van der Waals surface area (Å²) in [7, 11) is 0. The number of rotatable bonds is 4. The minimum Gasteiger partial charge on any atom is -0.205 e. The van der Waals surface area contributed by atoms with E-state index in [9.17, 15) is 4.39 Å². The molecule has 0 atom stereocenters. The second kappa shape index (κ2) is 6.63. The van der Waals surface area contributed by atoms with Crippen molar-refractivity contribution in [3.8, 4) is 20.2 Å². The first kappa shape index (κ1) is 15.3. The fourth-order valence-corrected chi connectivity index (χ4v) is 4.26. The molecule has 3 aromatic rings. The summed E-state index contributed by atoms with van der Waals surface area (Å²) < 4.78 is 13.9. The molecule has 0 saturated heterocycles. The van der Waals surface area contributed by atoms with Gasteiger partial charge in [0.05, 0.1) is 5.16 Å². The van der Waals surface area contributed by atoms with E-state index in [2.05, 4.69) is 47.5 Å². The van der Waals surface area contributed by atoms with E-state index in [4.69, 9.17) is 0 Å². The van der Waals surface area contributed by atoms with Crippen LogP contribution in [0, 0.1) is 5.82 Å². The summed E-state index contributed by atoms with van der Waals surface area (Å²) in [6.07, 6.45) is 1.05. The van der Waals surface area contributed by atoms with Gasteiger partial charge in [0.2, 0.25) is 0 Å². The monoisotopic (exact) mass is 345 g/mol. The van der Waals surface area contributed by atoms with Gasteiger partial charge < -0.3 is 0 Å². The fraction of sp³-hybridized carbons (Fsp3) is 0.118. The Morgan fingerprint density at radius 1 is 1.05 bits per heavy atom. The zero-order valence-corrected chi connectivity index (χ0v) is 14.2. The molecule has 0 radical (unpaired) electrons. The second-order valence-corrected chi connectivity index (χ2v) is 7.09. The minimum atomic E-state index is -0.380. The van der Waals surface area contributed by atoms with Gasteiger partial charge in [0, 0.05) is 19.5 Å². The van der Waals surface area contributed by atoms with Crippen molar-refractivity contribution in [2.75, 3.05) is 0 Å². The van der Waals surface area contributed by atoms with Crippen molar-refractivity contribution in [3.05, 3.63) is 53.2 Å². The van der Waals surface area contributed by atoms with Gasteiger partial charge in [-0.05, 0) is 60.6 Å². The third-order valence-electron chi connectivity index (χ3n) is 3.26. The summed E-state index contributed by atoms with van der Waals surface area (Å²) in [6.45, 7) is 2.16. The van der Waals surface area contributed by atoms with Gasteiger partial charge in [-0.25, -0.2) is 4.39 Å². The molecule has 0 aliphatic heterocycles. The summed E-state index contributed by atoms with van der Waals surface area (Å²) in [5.41, 5.74) is 1.07. The number of nitrogens with zero attached hydrogens (tertiary/aromatic N) is 1. The molecule has 0 unspecified atom stereocenters. The molecule has 110 valence electrons. The van der Waals surface area contributed by atoms with Crippen molar-refractivity contribution >= 4 is 45.7 Å². The zero-order chi connectivity index (χ0) is 15.5. The first-order chi connectivity index (χ1) is 10.7. The average molecular weight is 345 g/mol. The molecule has 0 aliphatic rings. The SMILES string of the molecule is CCc1ccc(-c2ccc(-c3ccc(N=C=S)c(F)c3)s2)s1. The Hall–Kier alpha value is -1.65. The lowest BCUT2D eigenvalue weighted by Crippen LogP contribution is -1.78. The van der Waals surface area contributed by atoms with Crippen molar-refractivity contribution in [1.82, 2.24) is 0 Å². The largest absolute Gasteiger partial charge is 0.205 e. The molecule has 0 aliphatic carbocycles. The third-order valence-corrected chi connectivity index (χ3v) is 5.91. The Morgan fingerprint density at radius 3 is 2.45 bits per heavy atom. The van der Waals surface area contributed by atoms with E-state index in [1.165, 1.54) is 20.7 Å². The van der Waals surface area contributed by atoms with Crippen molar-refractivity contribution in [3.63, 3.8) is 0 Å². The van der Waals surface area contributed by atoms with Crippen LogP contribution < -0.4 is 0 Å². The topological polar surface area (TPSA) is 12.4 Å². The van der Waals surface area contributed by atoms with Crippen molar-refractivity contribution in [2.45, 2.75) is 13.3 Å². The lowest BCUT2D eigenvalue weighted by molar-refractivity contribution is 0.630. The Morgan fingerprint density at radius 2 is 1.77 bits per heavy atom. The molecule has 22 heavy (non-hydrogen) atoms. The molecule has 1 nitrogen and oxygen atoms in total. The number of aryl methyl sites for hydroxylation is 1. The smallest absolute Gasteiger partial charge is 0.150 e. The fourth-order valence-electron chi connectivity index (χ4n) is 2.13. The van der Waals surface area contributed by atoms with Gasteiger partial charge in [0.1, 0.15) is 11.5 Å². The van der Waals surface area contributed by atoms with E-state index >= 15 is 0 Å². The van der Waals surface area contributed by atoms with Crippen LogP contribution in [-0.4, -0.2) is 5.16 Å². The summed E-state index contributed by atoms with van der Waals surface area (Å²) in [6, 6.07) is 13.4. The minimum absolute atomic E-state index is 0.223. The molecule has 3 rings (SSSR count). The third kappa shape index (κ3) is 3.08. The lowest BCUT2D eigenvalue weighted by Gasteiger charge is -2.00. The first-order valence-electron chi connectivity index (χ1n) is 6.78. The van der Waals surface area contributed by atoms with Gasteiger partial charge in [-0.1, -0.05) is 13.0 Å². The van der Waals surface area contributed by atoms with Crippen molar-refractivity contribution in [2.24, 2.45) is 4.99 Å². The molecular weight excluding hydrogens is 333 g/mol. The van der Waals surface area contributed by atoms with E-state index < -0.39 is 0 Å². The van der Waals surface area contributed by atoms with Crippen LogP contribution in [0.4, 0.5) is 10.1 Å². The van der Waals surface area contributed by atoms with Crippen LogP contribution in [0.25, 0.3) is 20.2 Å². The molecule has 1 aromatic carbocycles. The Bertz CT molecular complexity index is 856. The maximum absolute atomic E-state index is 13.9. The van der Waals surface area contributed by atoms with Gasteiger partial charge in [-0.15, -0.1) is 22.7 Å². The average Bonchev–Trinajstić information content (AvgIpc) is 3.17. The first-order valence-corrected chi connectivity index (χ1v) is 8.82. The van der Waals surface area contributed by atoms with Gasteiger partial charge in [0.15, 0.2) is 0 Å². The summed E-state index contributed by atoms with van der Waals surface area (Å²) >= 11 is 7.99. The molecule has 2 aromatic heterocycles. The van der Waals surface area contributed by atoms with Gasteiger partial charge in [0.25, 0.3) is 0 Å². The predicted molar refractivity (Wildman–Crippen MR) is 97.1 cm³/mol. The highest BCUT2D eigenvalue weighted by atomic mass is 32.1. The Balaban J connectivity index is 1.93. The number of halogens is 1. The van der Waals surface area contributed by atoms with Crippen LogP contribution in [0.2, 0.25) is 0 Å². The molecule has 0 bridgehead atoms. The molecule has 2 heterocycles. The van der Waals surface area contributed by atoms with E-state index in [0.717, 1.165) is 16.9 Å². The number of benzene rings is 1. The van der Waals surface area contributed by atoms with Crippen molar-refractivity contribution in [1.29, 1.82) is 0 Å². The number of thiophene rings is 2. The normalized spacial score (nSPS) is 10.5. The lowest BCUT2D eigenvalue weighted by atomic mass is 10.1. The molecule has 5 heteroatoms. The van der Waals surface area contributed by atoms with Crippen LogP contribution >= 0.6 is 34.9 Å². The van der Waals surface area contributed by atoms with Crippen LogP contribution in [0.15, 0.2) is 47.5 Å². The quantitative estimate of drug-likeness (QED) is 0.384. The van der Waals surface area contributed by atoms with E-state index in [1.54, 1.807) is 17.4 Å². The van der Waals surface area contributed by atoms with Crippen LogP contribution in [0.1, 0.15) is 11.8 Å². The molecule has 0 spiro atoms. The Labute approximate surface area is 141 Å². The highest BCUT2D eigenvalue weighted by Crippen LogP contribution is 2.38. The second-order valence-electron chi connectivity index (χ2n) is 4.65. The maximum Gasteiger partial charge on any atom is 0.150 e. The van der Waals surface area contributed by atoms with Gasteiger partial charge >= 0.3 is 0 Å². The standard InChI is InChI=1S/C17H12FNS3/c1-2-12-4-6-16(21-12)17-8-7-15(22-17)11-3-5-14(19-10-20)13(18)9-11/h3-9H,2H2,1H3. The van der Waals surface area contributed by atoms with Crippen LogP contribution in [0.3, 0.4) is 0 Å².